The minimum atomic E-state index is -0.484. The van der Waals surface area contributed by atoms with Crippen LogP contribution in [0.3, 0.4) is 0 Å². The molecule has 3 aromatic carbocycles. The van der Waals surface area contributed by atoms with Crippen molar-refractivity contribution in [2.45, 2.75) is 0 Å². The van der Waals surface area contributed by atoms with Gasteiger partial charge in [0.1, 0.15) is 11.5 Å². The van der Waals surface area contributed by atoms with E-state index in [1.54, 1.807) is 43.5 Å². The molecular weight excluding hydrogens is 454 g/mol. The molecule has 0 atom stereocenters. The Balaban J connectivity index is 1.39. The van der Waals surface area contributed by atoms with Crippen LogP contribution in [0.4, 0.5) is 5.69 Å². The first-order valence-electron chi connectivity index (χ1n) is 10.0. The number of thioether (sulfide) groups is 1. The zero-order valence-electron chi connectivity index (χ0n) is 17.6. The number of methoxy groups -OCH3 is 1. The number of nitrogens with zero attached hydrogens (tertiary/aromatic N) is 1. The quantitative estimate of drug-likeness (QED) is 0.198. The molecule has 33 heavy (non-hydrogen) atoms. The summed E-state index contributed by atoms with van der Waals surface area (Å²) in [5.41, 5.74) is 2.40. The van der Waals surface area contributed by atoms with Gasteiger partial charge < -0.3 is 9.47 Å². The van der Waals surface area contributed by atoms with Crippen LogP contribution in [0.2, 0.25) is 0 Å². The number of esters is 1. The largest absolute Gasteiger partial charge is 0.497 e. The molecule has 0 bridgehead atoms. The minimum Gasteiger partial charge on any atom is -0.497 e. The van der Waals surface area contributed by atoms with Gasteiger partial charge in [-0.1, -0.05) is 66.4 Å². The third-order valence-electron chi connectivity index (χ3n) is 4.73. The van der Waals surface area contributed by atoms with Crippen LogP contribution in [0.15, 0.2) is 89.8 Å². The van der Waals surface area contributed by atoms with Crippen molar-refractivity contribution in [2.75, 3.05) is 12.0 Å². The van der Waals surface area contributed by atoms with Crippen LogP contribution in [0.5, 0.6) is 11.5 Å². The highest BCUT2D eigenvalue weighted by atomic mass is 32.2. The molecule has 1 amide bonds. The standard InChI is InChI=1S/C26H19NO4S2/c1-30-21-12-7-18(8-13-21)11-16-24(28)31-22-14-9-19(10-15-22)17-23-25(29)27(26(32)33-23)20-5-3-2-4-6-20/h2-17H,1H3/b16-11+,23-17+. The van der Waals surface area contributed by atoms with Crippen molar-refractivity contribution in [1.29, 1.82) is 0 Å². The fourth-order valence-electron chi connectivity index (χ4n) is 3.08. The van der Waals surface area contributed by atoms with E-state index >= 15 is 0 Å². The minimum absolute atomic E-state index is 0.157. The number of ether oxygens (including phenoxy) is 2. The summed E-state index contributed by atoms with van der Waals surface area (Å²) < 4.78 is 11.0. The topological polar surface area (TPSA) is 55.8 Å². The highest BCUT2D eigenvalue weighted by Gasteiger charge is 2.33. The third kappa shape index (κ3) is 5.58. The molecule has 1 saturated heterocycles. The average Bonchev–Trinajstić information content (AvgIpc) is 3.12. The molecule has 0 radical (unpaired) electrons. The predicted octanol–water partition coefficient (Wildman–Crippen LogP) is 5.72. The number of benzene rings is 3. The van der Waals surface area contributed by atoms with Gasteiger partial charge in [0.25, 0.3) is 5.91 Å². The fraction of sp³-hybridized carbons (Fsp3) is 0.0385. The molecule has 0 aliphatic carbocycles. The molecule has 0 aromatic heterocycles. The van der Waals surface area contributed by atoms with E-state index in [4.69, 9.17) is 21.7 Å². The lowest BCUT2D eigenvalue weighted by Crippen LogP contribution is -2.27. The van der Waals surface area contributed by atoms with Gasteiger partial charge in [-0.25, -0.2) is 4.79 Å². The number of carbonyl (C=O) groups is 2. The maximum atomic E-state index is 12.8. The molecular formula is C26H19NO4S2. The number of hydrogen-bond acceptors (Lipinski definition) is 6. The second-order valence-electron chi connectivity index (χ2n) is 6.95. The number of rotatable bonds is 6. The second-order valence-corrected chi connectivity index (χ2v) is 8.63. The Morgan fingerprint density at radius 3 is 2.21 bits per heavy atom. The van der Waals surface area contributed by atoms with Crippen molar-refractivity contribution in [2.24, 2.45) is 0 Å². The van der Waals surface area contributed by atoms with E-state index in [0.29, 0.717) is 15.0 Å². The van der Waals surface area contributed by atoms with Gasteiger partial charge in [0.2, 0.25) is 0 Å². The lowest BCUT2D eigenvalue weighted by atomic mass is 10.2. The lowest BCUT2D eigenvalue weighted by molar-refractivity contribution is -0.128. The lowest BCUT2D eigenvalue weighted by Gasteiger charge is -2.13. The molecule has 0 N–H and O–H groups in total. The monoisotopic (exact) mass is 473 g/mol. The van der Waals surface area contributed by atoms with Crippen LogP contribution in [0.25, 0.3) is 12.2 Å². The first-order valence-corrected chi connectivity index (χ1v) is 11.2. The molecule has 1 fully saturated rings. The van der Waals surface area contributed by atoms with E-state index in [0.717, 1.165) is 22.6 Å². The molecule has 1 heterocycles. The van der Waals surface area contributed by atoms with Crippen LogP contribution >= 0.6 is 24.0 Å². The SMILES string of the molecule is COc1ccc(/C=C/C(=O)Oc2ccc(/C=C3/SC(=S)N(c4ccccc4)C3=O)cc2)cc1. The van der Waals surface area contributed by atoms with Crippen molar-refractivity contribution < 1.29 is 19.1 Å². The van der Waals surface area contributed by atoms with Gasteiger partial charge in [0.05, 0.1) is 17.7 Å². The fourth-order valence-corrected chi connectivity index (χ4v) is 4.38. The molecule has 1 aliphatic heterocycles. The van der Waals surface area contributed by atoms with Crippen LogP contribution in [0.1, 0.15) is 11.1 Å². The van der Waals surface area contributed by atoms with Gasteiger partial charge in [-0.3, -0.25) is 9.69 Å². The maximum absolute atomic E-state index is 12.8. The van der Waals surface area contributed by atoms with Gasteiger partial charge in [0.15, 0.2) is 4.32 Å². The van der Waals surface area contributed by atoms with E-state index in [1.165, 1.54) is 22.7 Å². The third-order valence-corrected chi connectivity index (χ3v) is 6.03. The first kappa shape index (κ1) is 22.5. The van der Waals surface area contributed by atoms with Crippen LogP contribution in [-0.2, 0) is 9.59 Å². The van der Waals surface area contributed by atoms with Crippen molar-refractivity contribution in [1.82, 2.24) is 0 Å². The van der Waals surface area contributed by atoms with E-state index in [9.17, 15) is 9.59 Å². The summed E-state index contributed by atoms with van der Waals surface area (Å²) in [5, 5.41) is 0. The summed E-state index contributed by atoms with van der Waals surface area (Å²) in [7, 11) is 1.60. The van der Waals surface area contributed by atoms with Crippen molar-refractivity contribution in [3.05, 3.63) is 101 Å². The van der Waals surface area contributed by atoms with Crippen molar-refractivity contribution in [3.63, 3.8) is 0 Å². The molecule has 164 valence electrons. The summed E-state index contributed by atoms with van der Waals surface area (Å²) >= 11 is 6.65. The van der Waals surface area contributed by atoms with Gasteiger partial charge in [0, 0.05) is 6.08 Å². The van der Waals surface area contributed by atoms with Gasteiger partial charge in [-0.05, 0) is 59.7 Å². The van der Waals surface area contributed by atoms with Crippen LogP contribution in [-0.4, -0.2) is 23.3 Å². The summed E-state index contributed by atoms with van der Waals surface area (Å²) in [6.07, 6.45) is 4.81. The zero-order valence-corrected chi connectivity index (χ0v) is 19.3. The van der Waals surface area contributed by atoms with Gasteiger partial charge in [-0.15, -0.1) is 0 Å². The molecule has 4 rings (SSSR count). The average molecular weight is 474 g/mol. The second kappa shape index (κ2) is 10.3. The summed E-state index contributed by atoms with van der Waals surface area (Å²) in [4.78, 5) is 27.0. The molecule has 3 aromatic rings. The van der Waals surface area contributed by atoms with Crippen LogP contribution < -0.4 is 14.4 Å². The molecule has 0 spiro atoms. The maximum Gasteiger partial charge on any atom is 0.336 e. The molecule has 1 aliphatic rings. The summed E-state index contributed by atoms with van der Waals surface area (Å²) in [6, 6.07) is 23.6. The van der Waals surface area contributed by atoms with Gasteiger partial charge >= 0.3 is 5.97 Å². The van der Waals surface area contributed by atoms with E-state index in [-0.39, 0.29) is 5.91 Å². The molecule has 5 nitrogen and oxygen atoms in total. The van der Waals surface area contributed by atoms with E-state index in [1.807, 2.05) is 54.6 Å². The van der Waals surface area contributed by atoms with Gasteiger partial charge in [-0.2, -0.15) is 0 Å². The number of amides is 1. The van der Waals surface area contributed by atoms with Crippen molar-refractivity contribution >= 4 is 58.0 Å². The zero-order chi connectivity index (χ0) is 23.2. The highest BCUT2D eigenvalue weighted by Crippen LogP contribution is 2.36. The number of hydrogen-bond donors (Lipinski definition) is 0. The summed E-state index contributed by atoms with van der Waals surface area (Å²) in [6.45, 7) is 0. The Bertz CT molecular complexity index is 1230. The highest BCUT2D eigenvalue weighted by molar-refractivity contribution is 8.27. The normalized spacial score (nSPS) is 14.8. The summed E-state index contributed by atoms with van der Waals surface area (Å²) in [5.74, 6) is 0.517. The number of para-hydroxylation sites is 1. The molecule has 0 saturated carbocycles. The van der Waals surface area contributed by atoms with E-state index < -0.39 is 5.97 Å². The van der Waals surface area contributed by atoms with Crippen molar-refractivity contribution in [3.8, 4) is 11.5 Å². The van der Waals surface area contributed by atoms with E-state index in [2.05, 4.69) is 0 Å². The Morgan fingerprint density at radius 2 is 1.55 bits per heavy atom. The molecule has 7 heteroatoms. The first-order chi connectivity index (χ1) is 16.0. The predicted molar refractivity (Wildman–Crippen MR) is 136 cm³/mol. The Hall–Kier alpha value is -3.68. The van der Waals surface area contributed by atoms with Crippen LogP contribution in [0, 0.1) is 0 Å². The Kier molecular flexibility index (Phi) is 7.02. The number of carbonyl (C=O) groups excluding carboxylic acids is 2. The number of anilines is 1. The number of thiocarbonyl (C=S) groups is 1. The molecule has 0 unspecified atom stereocenters. The Labute approximate surface area is 201 Å². The Morgan fingerprint density at radius 1 is 0.909 bits per heavy atom. The smallest absolute Gasteiger partial charge is 0.336 e.